The fourth-order valence-electron chi connectivity index (χ4n) is 3.52. The zero-order valence-electron chi connectivity index (χ0n) is 17.2. The van der Waals surface area contributed by atoms with E-state index in [4.69, 9.17) is 0 Å². The smallest absolute Gasteiger partial charge is 0.264 e. The average Bonchev–Trinajstić information content (AvgIpc) is 2.75. The minimum atomic E-state index is -4.02. The molecule has 3 aromatic rings. The van der Waals surface area contributed by atoms with Crippen molar-refractivity contribution in [3.05, 3.63) is 66.1 Å². The van der Waals surface area contributed by atoms with Gasteiger partial charge in [-0.15, -0.1) is 0 Å². The molecule has 0 bridgehead atoms. The van der Waals surface area contributed by atoms with E-state index in [9.17, 15) is 12.8 Å². The van der Waals surface area contributed by atoms with Gasteiger partial charge in [-0.3, -0.25) is 4.72 Å². The fourth-order valence-corrected chi connectivity index (χ4v) is 4.66. The van der Waals surface area contributed by atoms with Crippen LogP contribution >= 0.6 is 0 Å². The molecule has 9 heteroatoms. The van der Waals surface area contributed by atoms with Gasteiger partial charge in [-0.05, 0) is 62.6 Å². The van der Waals surface area contributed by atoms with Gasteiger partial charge >= 0.3 is 0 Å². The molecule has 0 unspecified atom stereocenters. The van der Waals surface area contributed by atoms with Crippen LogP contribution in [-0.4, -0.2) is 31.5 Å². The maximum Gasteiger partial charge on any atom is 0.264 e. The predicted molar refractivity (Wildman–Crippen MR) is 120 cm³/mol. The molecule has 0 atom stereocenters. The number of aromatic nitrogens is 2. The quantitative estimate of drug-likeness (QED) is 0.587. The summed E-state index contributed by atoms with van der Waals surface area (Å²) in [6.45, 7) is 3.92. The van der Waals surface area contributed by atoms with Crippen molar-refractivity contribution in [1.82, 2.24) is 9.97 Å². The predicted octanol–water partition coefficient (Wildman–Crippen LogP) is 4.46. The molecule has 1 fully saturated rings. The molecule has 31 heavy (non-hydrogen) atoms. The highest BCUT2D eigenvalue weighted by atomic mass is 32.2. The van der Waals surface area contributed by atoms with Crippen molar-refractivity contribution < 1.29 is 12.8 Å². The summed E-state index contributed by atoms with van der Waals surface area (Å²) in [6, 6.07) is 13.9. The third-order valence-electron chi connectivity index (χ3n) is 5.04. The second-order valence-electron chi connectivity index (χ2n) is 7.48. The normalized spacial score (nSPS) is 14.3. The molecular weight excluding hydrogens is 417 g/mol. The average molecular weight is 442 g/mol. The van der Waals surface area contributed by atoms with E-state index in [1.165, 1.54) is 24.6 Å². The number of benzene rings is 2. The Kier molecular flexibility index (Phi) is 6.03. The summed E-state index contributed by atoms with van der Waals surface area (Å²) in [7, 11) is -4.02. The first kappa shape index (κ1) is 21.0. The highest BCUT2D eigenvalue weighted by Crippen LogP contribution is 2.24. The first-order valence-corrected chi connectivity index (χ1v) is 11.6. The fraction of sp³-hybridized carbons (Fsp3) is 0.273. The SMILES string of the molecule is Cc1cc(N2CCCCC2)nc(Nc2ccc(NS(=O)(=O)c3ccccc3F)cc2)n1. The number of aryl methyl sites for hydroxylation is 1. The molecule has 2 heterocycles. The Balaban J connectivity index is 1.48. The largest absolute Gasteiger partial charge is 0.356 e. The van der Waals surface area contributed by atoms with E-state index < -0.39 is 20.7 Å². The van der Waals surface area contributed by atoms with E-state index in [1.807, 2.05) is 13.0 Å². The monoisotopic (exact) mass is 441 g/mol. The lowest BCUT2D eigenvalue weighted by Gasteiger charge is -2.28. The summed E-state index contributed by atoms with van der Waals surface area (Å²) in [5, 5.41) is 3.17. The van der Waals surface area contributed by atoms with Crippen molar-refractivity contribution in [2.45, 2.75) is 31.1 Å². The molecule has 1 aliphatic rings. The number of rotatable bonds is 6. The van der Waals surface area contributed by atoms with E-state index in [1.54, 1.807) is 24.3 Å². The number of hydrogen-bond donors (Lipinski definition) is 2. The number of hydrogen-bond acceptors (Lipinski definition) is 6. The molecule has 4 rings (SSSR count). The van der Waals surface area contributed by atoms with Gasteiger partial charge in [0, 0.05) is 36.2 Å². The molecule has 1 saturated heterocycles. The lowest BCUT2D eigenvalue weighted by molar-refractivity contribution is 0.570. The van der Waals surface area contributed by atoms with Gasteiger partial charge < -0.3 is 10.2 Å². The van der Waals surface area contributed by atoms with Crippen LogP contribution in [0, 0.1) is 12.7 Å². The molecule has 0 radical (unpaired) electrons. The minimum absolute atomic E-state index is 0.327. The van der Waals surface area contributed by atoms with Crippen LogP contribution in [0.5, 0.6) is 0 Å². The van der Waals surface area contributed by atoms with Crippen molar-refractivity contribution in [2.24, 2.45) is 0 Å². The van der Waals surface area contributed by atoms with Gasteiger partial charge in [-0.2, -0.15) is 4.98 Å². The van der Waals surface area contributed by atoms with Crippen LogP contribution in [0.25, 0.3) is 0 Å². The molecule has 1 aromatic heterocycles. The summed E-state index contributed by atoms with van der Waals surface area (Å²) in [4.78, 5) is 11.0. The van der Waals surface area contributed by atoms with E-state index in [2.05, 4.69) is 24.9 Å². The minimum Gasteiger partial charge on any atom is -0.356 e. The molecule has 7 nitrogen and oxygen atoms in total. The maximum atomic E-state index is 13.8. The Morgan fingerprint density at radius 2 is 1.61 bits per heavy atom. The Morgan fingerprint density at radius 1 is 0.935 bits per heavy atom. The van der Waals surface area contributed by atoms with Gasteiger partial charge in [0.15, 0.2) is 0 Å². The zero-order chi connectivity index (χ0) is 21.8. The summed E-state index contributed by atoms with van der Waals surface area (Å²) in [5.41, 5.74) is 1.91. The zero-order valence-corrected chi connectivity index (χ0v) is 18.0. The van der Waals surface area contributed by atoms with Crippen LogP contribution < -0.4 is 14.9 Å². The van der Waals surface area contributed by atoms with E-state index in [0.717, 1.165) is 43.5 Å². The van der Waals surface area contributed by atoms with E-state index in [0.29, 0.717) is 17.3 Å². The number of halogens is 1. The van der Waals surface area contributed by atoms with E-state index >= 15 is 0 Å². The highest BCUT2D eigenvalue weighted by molar-refractivity contribution is 7.92. The van der Waals surface area contributed by atoms with Crippen LogP contribution in [0.2, 0.25) is 0 Å². The van der Waals surface area contributed by atoms with Crippen molar-refractivity contribution in [2.75, 3.05) is 28.0 Å². The lowest BCUT2D eigenvalue weighted by Crippen LogP contribution is -2.30. The standard InChI is InChI=1S/C22H24FN5O2S/c1-16-15-21(28-13-5-2-6-14-28)26-22(24-16)25-17-9-11-18(12-10-17)27-31(29,30)20-8-4-3-7-19(20)23/h3-4,7-12,15,27H,2,5-6,13-14H2,1H3,(H,24,25,26). The Morgan fingerprint density at radius 3 is 2.32 bits per heavy atom. The molecule has 2 N–H and O–H groups in total. The number of nitrogens with one attached hydrogen (secondary N) is 2. The van der Waals surface area contributed by atoms with Crippen LogP contribution in [0.3, 0.4) is 0 Å². The van der Waals surface area contributed by atoms with Crippen molar-refractivity contribution >= 4 is 33.2 Å². The van der Waals surface area contributed by atoms with Gasteiger partial charge in [0.05, 0.1) is 0 Å². The third kappa shape index (κ3) is 5.11. The number of sulfonamides is 1. The van der Waals surface area contributed by atoms with Gasteiger partial charge in [-0.1, -0.05) is 12.1 Å². The van der Waals surface area contributed by atoms with Crippen LogP contribution in [-0.2, 0) is 10.0 Å². The lowest BCUT2D eigenvalue weighted by atomic mass is 10.1. The van der Waals surface area contributed by atoms with Crippen LogP contribution in [0.15, 0.2) is 59.5 Å². The van der Waals surface area contributed by atoms with Crippen molar-refractivity contribution in [1.29, 1.82) is 0 Å². The van der Waals surface area contributed by atoms with Crippen LogP contribution in [0.4, 0.5) is 27.5 Å². The Bertz CT molecular complexity index is 1160. The van der Waals surface area contributed by atoms with Gasteiger partial charge in [0.1, 0.15) is 16.5 Å². The molecular formula is C22H24FN5O2S. The first-order chi connectivity index (χ1) is 14.9. The summed E-state index contributed by atoms with van der Waals surface area (Å²) < 4.78 is 41.1. The Labute approximate surface area is 181 Å². The van der Waals surface area contributed by atoms with Gasteiger partial charge in [0.2, 0.25) is 5.95 Å². The highest BCUT2D eigenvalue weighted by Gasteiger charge is 2.18. The summed E-state index contributed by atoms with van der Waals surface area (Å²) >= 11 is 0. The molecule has 0 spiro atoms. The molecule has 1 aliphatic heterocycles. The summed E-state index contributed by atoms with van der Waals surface area (Å²) in [6.07, 6.45) is 3.57. The van der Waals surface area contributed by atoms with E-state index in [-0.39, 0.29) is 0 Å². The first-order valence-electron chi connectivity index (χ1n) is 10.2. The second kappa shape index (κ2) is 8.89. The molecule has 0 saturated carbocycles. The number of nitrogens with zero attached hydrogens (tertiary/aromatic N) is 3. The second-order valence-corrected chi connectivity index (χ2v) is 9.13. The van der Waals surface area contributed by atoms with Crippen molar-refractivity contribution in [3.8, 4) is 0 Å². The molecule has 2 aromatic carbocycles. The number of piperidine rings is 1. The molecule has 0 aliphatic carbocycles. The topological polar surface area (TPSA) is 87.2 Å². The third-order valence-corrected chi connectivity index (χ3v) is 6.45. The number of anilines is 4. The van der Waals surface area contributed by atoms with Crippen molar-refractivity contribution in [3.63, 3.8) is 0 Å². The maximum absolute atomic E-state index is 13.8. The molecule has 0 amide bonds. The van der Waals surface area contributed by atoms with Gasteiger partial charge in [0.25, 0.3) is 10.0 Å². The summed E-state index contributed by atoms with van der Waals surface area (Å²) in [5.74, 6) is 0.596. The molecule has 162 valence electrons. The van der Waals surface area contributed by atoms with Crippen LogP contribution in [0.1, 0.15) is 25.0 Å². The van der Waals surface area contributed by atoms with Gasteiger partial charge in [-0.25, -0.2) is 17.8 Å². The Hall–Kier alpha value is -3.20.